The second-order valence-corrected chi connectivity index (χ2v) is 3.51. The second-order valence-electron chi connectivity index (χ2n) is 3.51. The van der Waals surface area contributed by atoms with Crippen LogP contribution in [0.1, 0.15) is 39.5 Å². The first-order chi connectivity index (χ1) is 5.70. The number of rotatable bonds is 5. The van der Waals surface area contributed by atoms with E-state index in [0.717, 1.165) is 12.8 Å². The van der Waals surface area contributed by atoms with Gasteiger partial charge in [0.05, 0.1) is 12.1 Å². The van der Waals surface area contributed by atoms with Crippen molar-refractivity contribution in [1.29, 1.82) is 10.5 Å². The summed E-state index contributed by atoms with van der Waals surface area (Å²) in [4.78, 5) is 0. The molecule has 12 heavy (non-hydrogen) atoms. The van der Waals surface area contributed by atoms with Crippen LogP contribution in [0.5, 0.6) is 0 Å². The fourth-order valence-electron chi connectivity index (χ4n) is 1.35. The Labute approximate surface area is 74.8 Å². The van der Waals surface area contributed by atoms with Crippen LogP contribution in [-0.4, -0.2) is 0 Å². The van der Waals surface area contributed by atoms with E-state index < -0.39 is 0 Å². The monoisotopic (exact) mass is 164 g/mol. The normalized spacial score (nSPS) is 14.3. The fraction of sp³-hybridized carbons (Fsp3) is 0.800. The molecule has 0 saturated heterocycles. The van der Waals surface area contributed by atoms with Gasteiger partial charge in [-0.05, 0) is 24.7 Å². The van der Waals surface area contributed by atoms with Crippen molar-refractivity contribution in [2.45, 2.75) is 39.5 Å². The molecule has 66 valence electrons. The molecule has 0 aromatic rings. The highest BCUT2D eigenvalue weighted by Crippen LogP contribution is 2.18. The highest BCUT2D eigenvalue weighted by atomic mass is 14.3. The van der Waals surface area contributed by atoms with Crippen LogP contribution in [0.4, 0.5) is 0 Å². The van der Waals surface area contributed by atoms with Crippen LogP contribution >= 0.6 is 0 Å². The smallest absolute Gasteiger partial charge is 0.0624 e. The molecule has 0 aliphatic carbocycles. The molecule has 0 amide bonds. The van der Waals surface area contributed by atoms with Crippen molar-refractivity contribution in [3.05, 3.63) is 0 Å². The standard InChI is InChI=1S/C10H16N2/c1-9(4-3-6-11)8-10(2)5-7-12/h9-10H,3-5,8H2,1-2H3. The van der Waals surface area contributed by atoms with Gasteiger partial charge in [-0.15, -0.1) is 0 Å². The molecule has 2 heteroatoms. The summed E-state index contributed by atoms with van der Waals surface area (Å²) in [6, 6.07) is 4.30. The molecule has 2 unspecified atom stereocenters. The molecule has 0 radical (unpaired) electrons. The minimum atomic E-state index is 0.476. The van der Waals surface area contributed by atoms with Crippen molar-refractivity contribution in [2.24, 2.45) is 11.8 Å². The third kappa shape index (κ3) is 5.74. The quantitative estimate of drug-likeness (QED) is 0.627. The molecule has 0 rings (SSSR count). The first kappa shape index (κ1) is 11.0. The van der Waals surface area contributed by atoms with Gasteiger partial charge in [-0.1, -0.05) is 13.8 Å². The molecule has 0 heterocycles. The van der Waals surface area contributed by atoms with E-state index in [4.69, 9.17) is 10.5 Å². The summed E-state index contributed by atoms with van der Waals surface area (Å²) in [6.45, 7) is 4.23. The van der Waals surface area contributed by atoms with Crippen LogP contribution in [0.15, 0.2) is 0 Å². The van der Waals surface area contributed by atoms with Crippen molar-refractivity contribution < 1.29 is 0 Å². The van der Waals surface area contributed by atoms with Gasteiger partial charge in [0, 0.05) is 12.8 Å². The van der Waals surface area contributed by atoms with Crippen LogP contribution in [0.2, 0.25) is 0 Å². The van der Waals surface area contributed by atoms with Crippen molar-refractivity contribution in [1.82, 2.24) is 0 Å². The Morgan fingerprint density at radius 1 is 1.08 bits per heavy atom. The van der Waals surface area contributed by atoms with E-state index >= 15 is 0 Å². The molecule has 0 saturated carbocycles. The van der Waals surface area contributed by atoms with Crippen LogP contribution < -0.4 is 0 Å². The molecule has 0 fully saturated rings. The van der Waals surface area contributed by atoms with E-state index in [1.165, 1.54) is 0 Å². The molecule has 0 aliphatic heterocycles. The van der Waals surface area contributed by atoms with E-state index in [2.05, 4.69) is 26.0 Å². The van der Waals surface area contributed by atoms with Gasteiger partial charge in [0.2, 0.25) is 0 Å². The predicted molar refractivity (Wildman–Crippen MR) is 48.0 cm³/mol. The number of nitrogens with zero attached hydrogens (tertiary/aromatic N) is 2. The Balaban J connectivity index is 3.49. The van der Waals surface area contributed by atoms with Crippen molar-refractivity contribution >= 4 is 0 Å². The van der Waals surface area contributed by atoms with Gasteiger partial charge in [0.1, 0.15) is 0 Å². The van der Waals surface area contributed by atoms with Crippen molar-refractivity contribution in [2.75, 3.05) is 0 Å². The van der Waals surface area contributed by atoms with Crippen LogP contribution in [0.3, 0.4) is 0 Å². The van der Waals surface area contributed by atoms with Gasteiger partial charge in [0.15, 0.2) is 0 Å². The zero-order valence-corrected chi connectivity index (χ0v) is 7.88. The van der Waals surface area contributed by atoms with Gasteiger partial charge >= 0.3 is 0 Å². The summed E-state index contributed by atoms with van der Waals surface area (Å²) in [5, 5.41) is 16.8. The Hall–Kier alpha value is -1.02. The molecule has 2 nitrogen and oxygen atoms in total. The second kappa shape index (κ2) is 6.68. The summed E-state index contributed by atoms with van der Waals surface area (Å²) in [5.74, 6) is 1.05. The molecule has 0 aromatic carbocycles. The Kier molecular flexibility index (Phi) is 6.11. The minimum absolute atomic E-state index is 0.476. The lowest BCUT2D eigenvalue weighted by Gasteiger charge is -2.12. The summed E-state index contributed by atoms with van der Waals surface area (Å²) < 4.78 is 0. The molecule has 0 spiro atoms. The Morgan fingerprint density at radius 3 is 2.25 bits per heavy atom. The van der Waals surface area contributed by atoms with E-state index in [9.17, 15) is 0 Å². The molecular weight excluding hydrogens is 148 g/mol. The van der Waals surface area contributed by atoms with Gasteiger partial charge < -0.3 is 0 Å². The zero-order valence-electron chi connectivity index (χ0n) is 7.88. The Morgan fingerprint density at radius 2 is 1.75 bits per heavy atom. The topological polar surface area (TPSA) is 47.6 Å². The highest BCUT2D eigenvalue weighted by Gasteiger charge is 2.07. The number of hydrogen-bond donors (Lipinski definition) is 0. The maximum atomic E-state index is 8.42. The van der Waals surface area contributed by atoms with Crippen LogP contribution in [-0.2, 0) is 0 Å². The maximum absolute atomic E-state index is 8.42. The molecule has 0 aliphatic rings. The predicted octanol–water partition coefficient (Wildman–Crippen LogP) is 2.87. The third-order valence-electron chi connectivity index (χ3n) is 1.99. The lowest BCUT2D eigenvalue weighted by Crippen LogP contribution is -2.02. The first-order valence-electron chi connectivity index (χ1n) is 4.44. The average Bonchev–Trinajstić information content (AvgIpc) is 2.01. The van der Waals surface area contributed by atoms with Gasteiger partial charge in [-0.25, -0.2) is 0 Å². The van der Waals surface area contributed by atoms with Gasteiger partial charge in [0.25, 0.3) is 0 Å². The fourth-order valence-corrected chi connectivity index (χ4v) is 1.35. The molecule has 0 N–H and O–H groups in total. The highest BCUT2D eigenvalue weighted by molar-refractivity contribution is 4.76. The average molecular weight is 164 g/mol. The molecule has 2 atom stereocenters. The van der Waals surface area contributed by atoms with Gasteiger partial charge in [-0.3, -0.25) is 0 Å². The van der Waals surface area contributed by atoms with E-state index in [1.807, 2.05) is 0 Å². The first-order valence-corrected chi connectivity index (χ1v) is 4.44. The maximum Gasteiger partial charge on any atom is 0.0624 e. The largest absolute Gasteiger partial charge is 0.198 e. The van der Waals surface area contributed by atoms with Gasteiger partial charge in [-0.2, -0.15) is 10.5 Å². The van der Waals surface area contributed by atoms with Crippen molar-refractivity contribution in [3.63, 3.8) is 0 Å². The summed E-state index contributed by atoms with van der Waals surface area (Å²) in [7, 11) is 0. The SMILES string of the molecule is CC(CC#N)CC(C)CCC#N. The zero-order chi connectivity index (χ0) is 9.40. The van der Waals surface area contributed by atoms with Crippen LogP contribution in [0, 0.1) is 34.5 Å². The summed E-state index contributed by atoms with van der Waals surface area (Å²) in [6.07, 6.45) is 3.30. The summed E-state index contributed by atoms with van der Waals surface area (Å²) >= 11 is 0. The van der Waals surface area contributed by atoms with E-state index in [0.29, 0.717) is 24.7 Å². The van der Waals surface area contributed by atoms with Crippen LogP contribution in [0.25, 0.3) is 0 Å². The molecule has 0 bridgehead atoms. The number of nitriles is 2. The minimum Gasteiger partial charge on any atom is -0.198 e. The Bertz CT molecular complexity index is 185. The van der Waals surface area contributed by atoms with Crippen molar-refractivity contribution in [3.8, 4) is 12.1 Å². The number of hydrogen-bond acceptors (Lipinski definition) is 2. The third-order valence-corrected chi connectivity index (χ3v) is 1.99. The summed E-state index contributed by atoms with van der Waals surface area (Å²) in [5.41, 5.74) is 0. The lowest BCUT2D eigenvalue weighted by atomic mass is 9.92. The molecule has 0 aromatic heterocycles. The molecular formula is C10H16N2. The van der Waals surface area contributed by atoms with E-state index in [-0.39, 0.29) is 0 Å². The van der Waals surface area contributed by atoms with E-state index in [1.54, 1.807) is 0 Å². The lowest BCUT2D eigenvalue weighted by molar-refractivity contribution is 0.402.